The largest absolute Gasteiger partial charge is 0.466 e. The third kappa shape index (κ3) is 35.4. The van der Waals surface area contributed by atoms with E-state index in [1.54, 1.807) is 0 Å². The smallest absolute Gasteiger partial charge is 0.305 e. The van der Waals surface area contributed by atoms with Crippen LogP contribution in [0.5, 0.6) is 0 Å². The van der Waals surface area contributed by atoms with Crippen LogP contribution in [0.2, 0.25) is 0 Å². The van der Waals surface area contributed by atoms with Crippen molar-refractivity contribution in [3.63, 3.8) is 0 Å². The molecular formula is C35H70O4. The van der Waals surface area contributed by atoms with Crippen LogP contribution in [0.4, 0.5) is 0 Å². The third-order valence-electron chi connectivity index (χ3n) is 7.69. The van der Waals surface area contributed by atoms with Crippen molar-refractivity contribution in [1.29, 1.82) is 0 Å². The first kappa shape index (κ1) is 38.4. The van der Waals surface area contributed by atoms with E-state index in [1.165, 1.54) is 148 Å². The topological polar surface area (TPSA) is 44.8 Å². The zero-order chi connectivity index (χ0) is 28.3. The minimum atomic E-state index is -0.0822. The van der Waals surface area contributed by atoms with Crippen LogP contribution in [0.3, 0.4) is 0 Å². The molecule has 0 atom stereocenters. The molecule has 4 nitrogen and oxygen atoms in total. The van der Waals surface area contributed by atoms with Crippen LogP contribution in [0, 0.1) is 0 Å². The Morgan fingerprint density at radius 3 is 1.05 bits per heavy atom. The summed E-state index contributed by atoms with van der Waals surface area (Å²) in [5.74, 6) is -0.0822. The summed E-state index contributed by atoms with van der Waals surface area (Å²) in [6, 6.07) is 0. The van der Waals surface area contributed by atoms with Gasteiger partial charge in [0.05, 0.1) is 19.8 Å². The van der Waals surface area contributed by atoms with E-state index in [9.17, 15) is 4.79 Å². The molecular weight excluding hydrogens is 484 g/mol. The van der Waals surface area contributed by atoms with E-state index in [1.807, 2.05) is 0 Å². The van der Waals surface area contributed by atoms with Crippen LogP contribution in [0.25, 0.3) is 0 Å². The van der Waals surface area contributed by atoms with Crippen molar-refractivity contribution in [1.82, 2.24) is 0 Å². The van der Waals surface area contributed by atoms with Gasteiger partial charge in [-0.25, -0.2) is 0 Å². The SMILES string of the molecule is CCCCCCCCCCCCCCCCCCOC(=O)CCCOCCOCCCCCCCCCCC. The quantitative estimate of drug-likeness (QED) is 0.0586. The van der Waals surface area contributed by atoms with E-state index in [2.05, 4.69) is 13.8 Å². The Balaban J connectivity index is 3.14. The predicted octanol–water partition coefficient (Wildman–Crippen LogP) is 11.1. The van der Waals surface area contributed by atoms with Gasteiger partial charge in [0.15, 0.2) is 0 Å². The zero-order valence-corrected chi connectivity index (χ0v) is 26.8. The number of carbonyl (C=O) groups is 1. The van der Waals surface area contributed by atoms with Gasteiger partial charge in [0.25, 0.3) is 0 Å². The van der Waals surface area contributed by atoms with Crippen molar-refractivity contribution in [3.05, 3.63) is 0 Å². The van der Waals surface area contributed by atoms with Crippen molar-refractivity contribution in [3.8, 4) is 0 Å². The van der Waals surface area contributed by atoms with Crippen LogP contribution >= 0.6 is 0 Å². The number of ether oxygens (including phenoxy) is 3. The van der Waals surface area contributed by atoms with Crippen molar-refractivity contribution in [2.24, 2.45) is 0 Å². The van der Waals surface area contributed by atoms with Gasteiger partial charge >= 0.3 is 5.97 Å². The molecule has 0 rings (SSSR count). The van der Waals surface area contributed by atoms with Gasteiger partial charge in [0, 0.05) is 19.6 Å². The fourth-order valence-corrected chi connectivity index (χ4v) is 5.06. The standard InChI is InChI=1S/C35H70O4/c1-3-5-7-9-11-13-14-15-16-17-18-19-21-23-25-27-32-39-35(36)29-28-31-38-34-33-37-30-26-24-22-20-12-10-8-6-4-2/h3-34H2,1-2H3. The second-order valence-corrected chi connectivity index (χ2v) is 11.7. The average molecular weight is 555 g/mol. The first-order chi connectivity index (χ1) is 19.3. The maximum absolute atomic E-state index is 11.8. The summed E-state index contributed by atoms with van der Waals surface area (Å²) in [6.45, 7) is 7.84. The molecule has 0 N–H and O–H groups in total. The highest BCUT2D eigenvalue weighted by Gasteiger charge is 2.03. The Morgan fingerprint density at radius 1 is 0.359 bits per heavy atom. The maximum Gasteiger partial charge on any atom is 0.305 e. The lowest BCUT2D eigenvalue weighted by atomic mass is 10.0. The first-order valence-corrected chi connectivity index (χ1v) is 17.6. The van der Waals surface area contributed by atoms with Gasteiger partial charge in [-0.1, -0.05) is 162 Å². The molecule has 0 aliphatic rings. The molecule has 0 unspecified atom stereocenters. The molecule has 234 valence electrons. The number of unbranched alkanes of at least 4 members (excludes halogenated alkanes) is 23. The fraction of sp³-hybridized carbons (Fsp3) is 0.971. The maximum atomic E-state index is 11.8. The summed E-state index contributed by atoms with van der Waals surface area (Å²) in [7, 11) is 0. The molecule has 0 fully saturated rings. The monoisotopic (exact) mass is 555 g/mol. The molecule has 4 heteroatoms. The van der Waals surface area contributed by atoms with Gasteiger partial charge in [0.1, 0.15) is 0 Å². The highest BCUT2D eigenvalue weighted by atomic mass is 16.5. The normalized spacial score (nSPS) is 11.3. The van der Waals surface area contributed by atoms with E-state index < -0.39 is 0 Å². The number of carbonyl (C=O) groups excluding carboxylic acids is 1. The highest BCUT2D eigenvalue weighted by Crippen LogP contribution is 2.14. The molecule has 0 aliphatic carbocycles. The lowest BCUT2D eigenvalue weighted by Crippen LogP contribution is -2.09. The Kier molecular flexibility index (Phi) is 34.9. The summed E-state index contributed by atoms with van der Waals surface area (Å²) in [5, 5.41) is 0. The second kappa shape index (κ2) is 35.4. The van der Waals surface area contributed by atoms with Gasteiger partial charge in [-0.15, -0.1) is 0 Å². The Hall–Kier alpha value is -0.610. The molecule has 0 amide bonds. The van der Waals surface area contributed by atoms with Crippen LogP contribution < -0.4 is 0 Å². The average Bonchev–Trinajstić information content (AvgIpc) is 2.94. The molecule has 0 aromatic carbocycles. The first-order valence-electron chi connectivity index (χ1n) is 17.6. The van der Waals surface area contributed by atoms with Crippen molar-refractivity contribution in [2.45, 2.75) is 187 Å². The molecule has 0 saturated carbocycles. The molecule has 0 bridgehead atoms. The van der Waals surface area contributed by atoms with E-state index in [4.69, 9.17) is 14.2 Å². The summed E-state index contributed by atoms with van der Waals surface area (Å²) in [6.07, 6.45) is 35.0. The van der Waals surface area contributed by atoms with Crippen molar-refractivity contribution < 1.29 is 19.0 Å². The third-order valence-corrected chi connectivity index (χ3v) is 7.69. The zero-order valence-electron chi connectivity index (χ0n) is 26.8. The Morgan fingerprint density at radius 2 is 0.667 bits per heavy atom. The number of hydrogen-bond donors (Lipinski definition) is 0. The highest BCUT2D eigenvalue weighted by molar-refractivity contribution is 5.69. The van der Waals surface area contributed by atoms with Gasteiger partial charge in [0.2, 0.25) is 0 Å². The molecule has 0 aromatic rings. The number of hydrogen-bond acceptors (Lipinski definition) is 4. The van der Waals surface area contributed by atoms with Crippen LogP contribution in [-0.4, -0.2) is 39.0 Å². The number of rotatable bonds is 34. The summed E-state index contributed by atoms with van der Waals surface area (Å²) < 4.78 is 16.6. The van der Waals surface area contributed by atoms with E-state index >= 15 is 0 Å². The molecule has 0 aromatic heterocycles. The molecule has 0 radical (unpaired) electrons. The Bertz CT molecular complexity index is 454. The Labute approximate surface area is 245 Å². The van der Waals surface area contributed by atoms with Gasteiger partial charge in [-0.3, -0.25) is 4.79 Å². The van der Waals surface area contributed by atoms with E-state index in [-0.39, 0.29) is 5.97 Å². The second-order valence-electron chi connectivity index (χ2n) is 11.7. The van der Waals surface area contributed by atoms with Gasteiger partial charge in [-0.05, 0) is 19.3 Å². The summed E-state index contributed by atoms with van der Waals surface area (Å²) >= 11 is 0. The lowest BCUT2D eigenvalue weighted by molar-refractivity contribution is -0.144. The molecule has 0 aliphatic heterocycles. The van der Waals surface area contributed by atoms with Crippen LogP contribution in [0.15, 0.2) is 0 Å². The van der Waals surface area contributed by atoms with Gasteiger partial charge < -0.3 is 14.2 Å². The molecule has 0 heterocycles. The van der Waals surface area contributed by atoms with Crippen LogP contribution in [0.1, 0.15) is 187 Å². The molecule has 39 heavy (non-hydrogen) atoms. The van der Waals surface area contributed by atoms with E-state index in [0.717, 1.165) is 25.9 Å². The summed E-state index contributed by atoms with van der Waals surface area (Å²) in [5.41, 5.74) is 0. The van der Waals surface area contributed by atoms with E-state index in [0.29, 0.717) is 32.8 Å². The molecule has 0 saturated heterocycles. The van der Waals surface area contributed by atoms with Gasteiger partial charge in [-0.2, -0.15) is 0 Å². The van der Waals surface area contributed by atoms with Crippen molar-refractivity contribution >= 4 is 5.97 Å². The fourth-order valence-electron chi connectivity index (χ4n) is 5.06. The van der Waals surface area contributed by atoms with Crippen molar-refractivity contribution in [2.75, 3.05) is 33.0 Å². The lowest BCUT2D eigenvalue weighted by Gasteiger charge is -2.07. The minimum Gasteiger partial charge on any atom is -0.466 e. The number of esters is 1. The predicted molar refractivity (Wildman–Crippen MR) is 169 cm³/mol. The minimum absolute atomic E-state index is 0.0822. The summed E-state index contributed by atoms with van der Waals surface area (Å²) in [4.78, 5) is 11.8. The van der Waals surface area contributed by atoms with Crippen LogP contribution in [-0.2, 0) is 19.0 Å². The molecule has 0 spiro atoms.